The van der Waals surface area contributed by atoms with Gasteiger partial charge in [0.15, 0.2) is 11.5 Å². The highest BCUT2D eigenvalue weighted by Gasteiger charge is 2.15. The lowest BCUT2D eigenvalue weighted by Crippen LogP contribution is -2.17. The number of amides is 1. The van der Waals surface area contributed by atoms with Gasteiger partial charge in [-0.25, -0.2) is 0 Å². The fourth-order valence-electron chi connectivity index (χ4n) is 2.43. The van der Waals surface area contributed by atoms with Gasteiger partial charge in [-0.05, 0) is 55.3 Å². The summed E-state index contributed by atoms with van der Waals surface area (Å²) in [5, 5.41) is 2.91. The highest BCUT2D eigenvalue weighted by molar-refractivity contribution is 6.04. The maximum Gasteiger partial charge on any atom is 0.255 e. The fourth-order valence-corrected chi connectivity index (χ4v) is 2.43. The number of hydrogen-bond acceptors (Lipinski definition) is 3. The molecular formula is C17H17NO3. The molecule has 21 heavy (non-hydrogen) atoms. The van der Waals surface area contributed by atoms with E-state index < -0.39 is 0 Å². The maximum absolute atomic E-state index is 12.3. The molecule has 4 heteroatoms. The molecular weight excluding hydrogens is 266 g/mol. The van der Waals surface area contributed by atoms with Crippen molar-refractivity contribution >= 4 is 11.6 Å². The van der Waals surface area contributed by atoms with Crippen molar-refractivity contribution in [1.82, 2.24) is 0 Å². The minimum atomic E-state index is -0.156. The molecule has 0 aliphatic carbocycles. The van der Waals surface area contributed by atoms with E-state index in [1.807, 2.05) is 26.0 Å². The second-order valence-corrected chi connectivity index (χ2v) is 5.19. The van der Waals surface area contributed by atoms with E-state index in [0.29, 0.717) is 30.3 Å². The summed E-state index contributed by atoms with van der Waals surface area (Å²) < 4.78 is 10.9. The molecule has 108 valence electrons. The molecule has 1 amide bonds. The Balaban J connectivity index is 1.82. The van der Waals surface area contributed by atoms with Gasteiger partial charge in [0.25, 0.3) is 5.91 Å². The van der Waals surface area contributed by atoms with Crippen molar-refractivity contribution in [3.63, 3.8) is 0 Å². The van der Waals surface area contributed by atoms with Crippen LogP contribution < -0.4 is 14.8 Å². The summed E-state index contributed by atoms with van der Waals surface area (Å²) in [4.78, 5) is 12.3. The predicted molar refractivity (Wildman–Crippen MR) is 81.3 cm³/mol. The van der Waals surface area contributed by atoms with Gasteiger partial charge in [0.05, 0.1) is 0 Å². The molecule has 0 aromatic heterocycles. The Morgan fingerprint density at radius 1 is 0.952 bits per heavy atom. The van der Waals surface area contributed by atoms with Gasteiger partial charge in [0.2, 0.25) is 0 Å². The van der Waals surface area contributed by atoms with E-state index >= 15 is 0 Å². The summed E-state index contributed by atoms with van der Waals surface area (Å²) in [7, 11) is 0. The second-order valence-electron chi connectivity index (χ2n) is 5.19. The van der Waals surface area contributed by atoms with Gasteiger partial charge in [-0.3, -0.25) is 4.79 Å². The number of fused-ring (bicyclic) bond motifs is 1. The molecule has 0 spiro atoms. The normalized spacial score (nSPS) is 12.9. The van der Waals surface area contributed by atoms with Gasteiger partial charge in [-0.1, -0.05) is 6.07 Å². The summed E-state index contributed by atoms with van der Waals surface area (Å²) in [6, 6.07) is 11.2. The Kier molecular flexibility index (Phi) is 3.52. The SMILES string of the molecule is Cc1cc(C)cc(NC(=O)c2ccc3c(c2)OCCO3)c1. The molecule has 0 bridgehead atoms. The van der Waals surface area contributed by atoms with E-state index in [9.17, 15) is 4.79 Å². The van der Waals surface area contributed by atoms with Gasteiger partial charge in [0, 0.05) is 11.3 Å². The van der Waals surface area contributed by atoms with Crippen LogP contribution in [0.5, 0.6) is 11.5 Å². The third kappa shape index (κ3) is 2.99. The lowest BCUT2D eigenvalue weighted by Gasteiger charge is -2.18. The van der Waals surface area contributed by atoms with Crippen molar-refractivity contribution in [3.05, 3.63) is 53.1 Å². The first-order chi connectivity index (χ1) is 10.1. The van der Waals surface area contributed by atoms with Crippen molar-refractivity contribution in [2.45, 2.75) is 13.8 Å². The summed E-state index contributed by atoms with van der Waals surface area (Å²) in [6.07, 6.45) is 0. The lowest BCUT2D eigenvalue weighted by atomic mass is 10.1. The highest BCUT2D eigenvalue weighted by atomic mass is 16.6. The van der Waals surface area contributed by atoms with Crippen LogP contribution in [0, 0.1) is 13.8 Å². The van der Waals surface area contributed by atoms with Gasteiger partial charge in [-0.2, -0.15) is 0 Å². The van der Waals surface area contributed by atoms with Crippen LogP contribution in [0.3, 0.4) is 0 Å². The van der Waals surface area contributed by atoms with Crippen molar-refractivity contribution in [3.8, 4) is 11.5 Å². The zero-order chi connectivity index (χ0) is 14.8. The molecule has 0 atom stereocenters. The lowest BCUT2D eigenvalue weighted by molar-refractivity contribution is 0.102. The number of nitrogens with one attached hydrogen (secondary N) is 1. The number of carbonyl (C=O) groups is 1. The molecule has 1 N–H and O–H groups in total. The predicted octanol–water partition coefficient (Wildman–Crippen LogP) is 3.33. The Bertz CT molecular complexity index is 674. The first-order valence-corrected chi connectivity index (χ1v) is 6.91. The van der Waals surface area contributed by atoms with E-state index in [4.69, 9.17) is 9.47 Å². The van der Waals surface area contributed by atoms with Crippen LogP contribution in [0.25, 0.3) is 0 Å². The molecule has 0 fully saturated rings. The van der Waals surface area contributed by atoms with Crippen LogP contribution in [-0.4, -0.2) is 19.1 Å². The zero-order valence-electron chi connectivity index (χ0n) is 12.1. The molecule has 1 heterocycles. The molecule has 1 aliphatic heterocycles. The molecule has 1 aliphatic rings. The maximum atomic E-state index is 12.3. The monoisotopic (exact) mass is 283 g/mol. The van der Waals surface area contributed by atoms with Crippen LogP contribution in [0.15, 0.2) is 36.4 Å². The van der Waals surface area contributed by atoms with E-state index in [1.165, 1.54) is 0 Å². The number of anilines is 1. The molecule has 2 aromatic carbocycles. The van der Waals surface area contributed by atoms with E-state index in [2.05, 4.69) is 11.4 Å². The van der Waals surface area contributed by atoms with E-state index in [1.54, 1.807) is 18.2 Å². The van der Waals surface area contributed by atoms with Crippen molar-refractivity contribution in [2.75, 3.05) is 18.5 Å². The van der Waals surface area contributed by atoms with E-state index in [0.717, 1.165) is 16.8 Å². The summed E-state index contributed by atoms with van der Waals surface area (Å²) in [5.41, 5.74) is 3.59. The minimum Gasteiger partial charge on any atom is -0.486 e. The zero-order valence-corrected chi connectivity index (χ0v) is 12.1. The van der Waals surface area contributed by atoms with Gasteiger partial charge < -0.3 is 14.8 Å². The van der Waals surface area contributed by atoms with Gasteiger partial charge in [0.1, 0.15) is 13.2 Å². The van der Waals surface area contributed by atoms with E-state index in [-0.39, 0.29) is 5.91 Å². The first-order valence-electron chi connectivity index (χ1n) is 6.91. The number of benzene rings is 2. The smallest absolute Gasteiger partial charge is 0.255 e. The third-order valence-corrected chi connectivity index (χ3v) is 3.28. The summed E-state index contributed by atoms with van der Waals surface area (Å²) in [6.45, 7) is 5.07. The topological polar surface area (TPSA) is 47.6 Å². The Morgan fingerprint density at radius 2 is 1.62 bits per heavy atom. The van der Waals surface area contributed by atoms with Crippen molar-refractivity contribution in [1.29, 1.82) is 0 Å². The number of aryl methyl sites for hydroxylation is 2. The average molecular weight is 283 g/mol. The molecule has 0 radical (unpaired) electrons. The van der Waals surface area contributed by atoms with Crippen LogP contribution in [0.1, 0.15) is 21.5 Å². The number of carbonyl (C=O) groups excluding carboxylic acids is 1. The van der Waals surface area contributed by atoms with Crippen molar-refractivity contribution in [2.24, 2.45) is 0 Å². The fraction of sp³-hybridized carbons (Fsp3) is 0.235. The molecule has 0 saturated heterocycles. The van der Waals surface area contributed by atoms with Gasteiger partial charge >= 0.3 is 0 Å². The number of rotatable bonds is 2. The highest BCUT2D eigenvalue weighted by Crippen LogP contribution is 2.31. The third-order valence-electron chi connectivity index (χ3n) is 3.28. The number of hydrogen-bond donors (Lipinski definition) is 1. The first kappa shape index (κ1) is 13.5. The Labute approximate surface area is 123 Å². The average Bonchev–Trinajstić information content (AvgIpc) is 2.45. The van der Waals surface area contributed by atoms with Crippen molar-refractivity contribution < 1.29 is 14.3 Å². The van der Waals surface area contributed by atoms with Crippen LogP contribution in [0.2, 0.25) is 0 Å². The van der Waals surface area contributed by atoms with Crippen LogP contribution >= 0.6 is 0 Å². The minimum absolute atomic E-state index is 0.156. The summed E-state index contributed by atoms with van der Waals surface area (Å²) >= 11 is 0. The molecule has 0 unspecified atom stereocenters. The summed E-state index contributed by atoms with van der Waals surface area (Å²) in [5.74, 6) is 1.15. The second kappa shape index (κ2) is 5.48. The largest absolute Gasteiger partial charge is 0.486 e. The quantitative estimate of drug-likeness (QED) is 0.919. The van der Waals surface area contributed by atoms with Gasteiger partial charge in [-0.15, -0.1) is 0 Å². The molecule has 0 saturated carbocycles. The molecule has 3 rings (SSSR count). The standard InChI is InChI=1S/C17H17NO3/c1-11-7-12(2)9-14(8-11)18-17(19)13-3-4-15-16(10-13)21-6-5-20-15/h3-4,7-10H,5-6H2,1-2H3,(H,18,19). The van der Waals surface area contributed by atoms with Crippen LogP contribution in [-0.2, 0) is 0 Å². The molecule has 4 nitrogen and oxygen atoms in total. The Morgan fingerprint density at radius 3 is 2.33 bits per heavy atom. The number of ether oxygens (including phenoxy) is 2. The Hall–Kier alpha value is -2.49. The van der Waals surface area contributed by atoms with Crippen LogP contribution in [0.4, 0.5) is 5.69 Å². The molecule has 2 aromatic rings.